The largest absolute Gasteiger partial charge is 0.493 e. The molecule has 0 saturated carbocycles. The predicted molar refractivity (Wildman–Crippen MR) is 101 cm³/mol. The molecule has 150 valence electrons. The molecule has 0 N–H and O–H groups in total. The van der Waals surface area contributed by atoms with Gasteiger partial charge in [0.2, 0.25) is 0 Å². The smallest absolute Gasteiger partial charge is 0.308 e. The first-order valence-electron chi connectivity index (χ1n) is 8.82. The monoisotopic (exact) mass is 397 g/mol. The first kappa shape index (κ1) is 20.1. The van der Waals surface area contributed by atoms with Crippen molar-refractivity contribution in [3.05, 3.63) is 59.2 Å². The number of amides is 2. The molecular formula is C21H19NO7. The maximum Gasteiger partial charge on any atom is 0.308 e. The van der Waals surface area contributed by atoms with Gasteiger partial charge in [0.05, 0.1) is 31.8 Å². The summed E-state index contributed by atoms with van der Waals surface area (Å²) >= 11 is 0. The van der Waals surface area contributed by atoms with E-state index < -0.39 is 30.2 Å². The van der Waals surface area contributed by atoms with Crippen molar-refractivity contribution >= 4 is 23.6 Å². The van der Waals surface area contributed by atoms with Gasteiger partial charge in [0.1, 0.15) is 0 Å². The first-order chi connectivity index (χ1) is 14.0. The average molecular weight is 397 g/mol. The number of hydrogen-bond donors (Lipinski definition) is 0. The van der Waals surface area contributed by atoms with Crippen molar-refractivity contribution in [2.24, 2.45) is 0 Å². The van der Waals surface area contributed by atoms with Gasteiger partial charge in [-0.3, -0.25) is 24.1 Å². The van der Waals surface area contributed by atoms with Crippen molar-refractivity contribution in [1.29, 1.82) is 0 Å². The van der Waals surface area contributed by atoms with Gasteiger partial charge >= 0.3 is 5.97 Å². The topological polar surface area (TPSA) is 99.2 Å². The van der Waals surface area contributed by atoms with Gasteiger partial charge in [0.15, 0.2) is 23.9 Å². The maximum absolute atomic E-state index is 12.3. The zero-order valence-electron chi connectivity index (χ0n) is 16.0. The summed E-state index contributed by atoms with van der Waals surface area (Å²) in [5, 5.41) is 0. The van der Waals surface area contributed by atoms with E-state index in [1.165, 1.54) is 26.4 Å². The number of rotatable bonds is 8. The maximum atomic E-state index is 12.3. The lowest BCUT2D eigenvalue weighted by Crippen LogP contribution is -2.32. The average Bonchev–Trinajstić information content (AvgIpc) is 3.00. The van der Waals surface area contributed by atoms with Crippen LogP contribution >= 0.6 is 0 Å². The number of carbonyl (C=O) groups is 4. The van der Waals surface area contributed by atoms with E-state index in [2.05, 4.69) is 0 Å². The number of hydrogen-bond acceptors (Lipinski definition) is 7. The van der Waals surface area contributed by atoms with Crippen LogP contribution in [0.1, 0.15) is 37.5 Å². The van der Waals surface area contributed by atoms with Gasteiger partial charge in [-0.15, -0.1) is 0 Å². The van der Waals surface area contributed by atoms with Crippen molar-refractivity contribution < 1.29 is 33.4 Å². The number of fused-ring (bicyclic) bond motifs is 1. The molecule has 1 aliphatic rings. The highest BCUT2D eigenvalue weighted by Gasteiger charge is 2.35. The molecule has 2 aromatic carbocycles. The summed E-state index contributed by atoms with van der Waals surface area (Å²) in [5.41, 5.74) is 0.930. The van der Waals surface area contributed by atoms with Gasteiger partial charge in [-0.1, -0.05) is 12.1 Å². The summed E-state index contributed by atoms with van der Waals surface area (Å²) in [4.78, 5) is 49.7. The molecule has 3 rings (SSSR count). The van der Waals surface area contributed by atoms with E-state index in [4.69, 9.17) is 14.2 Å². The second-order valence-electron chi connectivity index (χ2n) is 6.21. The zero-order valence-corrected chi connectivity index (χ0v) is 16.0. The van der Waals surface area contributed by atoms with Crippen molar-refractivity contribution in [3.63, 3.8) is 0 Å². The summed E-state index contributed by atoms with van der Waals surface area (Å²) in [6.45, 7) is -0.577. The summed E-state index contributed by atoms with van der Waals surface area (Å²) in [7, 11) is 2.93. The molecule has 0 aromatic heterocycles. The Labute approximate surface area is 167 Å². The van der Waals surface area contributed by atoms with Crippen LogP contribution < -0.4 is 9.47 Å². The Morgan fingerprint density at radius 1 is 0.897 bits per heavy atom. The summed E-state index contributed by atoms with van der Waals surface area (Å²) in [5.74, 6) is -1.13. The van der Waals surface area contributed by atoms with E-state index in [0.717, 1.165) is 4.90 Å². The van der Waals surface area contributed by atoms with Gasteiger partial charge in [0.25, 0.3) is 11.8 Å². The fraction of sp³-hybridized carbons (Fsp3) is 0.238. The molecule has 0 radical (unpaired) electrons. The minimum Gasteiger partial charge on any atom is -0.493 e. The number of esters is 1. The van der Waals surface area contributed by atoms with Crippen molar-refractivity contribution in [2.45, 2.75) is 6.42 Å². The second-order valence-corrected chi connectivity index (χ2v) is 6.21. The number of Topliss-reactive ketones (excluding diaryl/α,β-unsaturated/α-hetero) is 1. The molecule has 8 nitrogen and oxygen atoms in total. The molecule has 8 heteroatoms. The van der Waals surface area contributed by atoms with Crippen LogP contribution in [-0.4, -0.2) is 55.8 Å². The highest BCUT2D eigenvalue weighted by Crippen LogP contribution is 2.27. The van der Waals surface area contributed by atoms with Crippen LogP contribution in [-0.2, 0) is 9.53 Å². The minimum absolute atomic E-state index is 0.115. The normalized spacial score (nSPS) is 12.6. The first-order valence-corrected chi connectivity index (χ1v) is 8.82. The number of nitrogens with zero attached hydrogens (tertiary/aromatic N) is 1. The van der Waals surface area contributed by atoms with Crippen LogP contribution in [0.5, 0.6) is 11.5 Å². The molecule has 0 bridgehead atoms. The summed E-state index contributed by atoms with van der Waals surface area (Å²) < 4.78 is 15.2. The zero-order chi connectivity index (χ0) is 21.0. The summed E-state index contributed by atoms with van der Waals surface area (Å²) in [6.07, 6.45) is -0.204. The number of ketones is 1. The molecule has 0 spiro atoms. The molecule has 1 heterocycles. The van der Waals surface area contributed by atoms with Crippen LogP contribution in [0.15, 0.2) is 42.5 Å². The molecule has 0 unspecified atom stereocenters. The molecule has 2 aromatic rings. The molecule has 29 heavy (non-hydrogen) atoms. The fourth-order valence-corrected chi connectivity index (χ4v) is 2.96. The van der Waals surface area contributed by atoms with Gasteiger partial charge in [-0.25, -0.2) is 0 Å². The Morgan fingerprint density at radius 3 is 2.10 bits per heavy atom. The lowest BCUT2D eigenvalue weighted by Gasteiger charge is -2.13. The Kier molecular flexibility index (Phi) is 5.92. The number of carbonyl (C=O) groups excluding carboxylic acids is 4. The van der Waals surface area contributed by atoms with Gasteiger partial charge in [0, 0.05) is 12.1 Å². The lowest BCUT2D eigenvalue weighted by molar-refractivity contribution is -0.142. The van der Waals surface area contributed by atoms with Crippen LogP contribution in [0.3, 0.4) is 0 Å². The number of ether oxygens (including phenoxy) is 3. The third-order valence-electron chi connectivity index (χ3n) is 4.49. The summed E-state index contributed by atoms with van der Waals surface area (Å²) in [6, 6.07) is 11.1. The quantitative estimate of drug-likeness (QED) is 0.382. The fourth-order valence-electron chi connectivity index (χ4n) is 2.96. The van der Waals surface area contributed by atoms with E-state index in [1.807, 2.05) is 0 Å². The van der Waals surface area contributed by atoms with Crippen LogP contribution in [0, 0.1) is 0 Å². The van der Waals surface area contributed by atoms with Crippen molar-refractivity contribution in [3.8, 4) is 11.5 Å². The Bertz CT molecular complexity index is 948. The van der Waals surface area contributed by atoms with E-state index in [1.54, 1.807) is 30.3 Å². The van der Waals surface area contributed by atoms with Crippen molar-refractivity contribution in [1.82, 2.24) is 4.90 Å². The molecule has 0 aliphatic carbocycles. The Balaban J connectivity index is 1.53. The molecule has 2 amide bonds. The molecule has 0 fully saturated rings. The predicted octanol–water partition coefficient (Wildman–Crippen LogP) is 2.12. The minimum atomic E-state index is -0.685. The molecule has 1 aliphatic heterocycles. The highest BCUT2D eigenvalue weighted by atomic mass is 16.5. The SMILES string of the molecule is COc1ccc(C(=O)COC(=O)CCN2C(=O)c3ccccc3C2=O)cc1OC. The highest BCUT2D eigenvalue weighted by molar-refractivity contribution is 6.21. The second kappa shape index (κ2) is 8.55. The van der Waals surface area contributed by atoms with Gasteiger partial charge in [-0.2, -0.15) is 0 Å². The Hall–Kier alpha value is -3.68. The third-order valence-corrected chi connectivity index (χ3v) is 4.49. The van der Waals surface area contributed by atoms with E-state index in [9.17, 15) is 19.2 Å². The third kappa shape index (κ3) is 4.11. The number of imide groups is 1. The van der Waals surface area contributed by atoms with Crippen molar-refractivity contribution in [2.75, 3.05) is 27.4 Å². The molecular weight excluding hydrogens is 378 g/mol. The van der Waals surface area contributed by atoms with Crippen LogP contribution in [0.25, 0.3) is 0 Å². The van der Waals surface area contributed by atoms with Gasteiger partial charge < -0.3 is 14.2 Å². The molecule has 0 saturated heterocycles. The Morgan fingerprint density at radius 2 is 1.52 bits per heavy atom. The van der Waals surface area contributed by atoms with Crippen LogP contribution in [0.2, 0.25) is 0 Å². The van der Waals surface area contributed by atoms with Gasteiger partial charge in [-0.05, 0) is 30.3 Å². The standard InChI is InChI=1S/C21H19NO7/c1-27-17-8-7-13(11-18(17)28-2)16(23)12-29-19(24)9-10-22-20(25)14-5-3-4-6-15(14)21(22)26/h3-8,11H,9-10,12H2,1-2H3. The van der Waals surface area contributed by atoms with E-state index >= 15 is 0 Å². The number of methoxy groups -OCH3 is 2. The van der Waals surface area contributed by atoms with E-state index in [0.29, 0.717) is 28.2 Å². The lowest BCUT2D eigenvalue weighted by atomic mass is 10.1. The number of benzene rings is 2. The van der Waals surface area contributed by atoms with E-state index in [-0.39, 0.29) is 13.0 Å². The molecule has 0 atom stereocenters. The van der Waals surface area contributed by atoms with Crippen LogP contribution in [0.4, 0.5) is 0 Å².